The van der Waals surface area contributed by atoms with E-state index in [1.165, 1.54) is 0 Å². The van der Waals surface area contributed by atoms with Gasteiger partial charge < -0.3 is 20.5 Å². The maximum Gasteiger partial charge on any atom is 0.123 e. The summed E-state index contributed by atoms with van der Waals surface area (Å²) in [5.41, 5.74) is 1.13. The third-order valence-corrected chi connectivity index (χ3v) is 2.90. The molecule has 0 radical (unpaired) electrons. The van der Waals surface area contributed by atoms with E-state index in [9.17, 15) is 0 Å². The predicted octanol–water partition coefficient (Wildman–Crippen LogP) is 0.926. The van der Waals surface area contributed by atoms with Crippen LogP contribution >= 0.6 is 0 Å². The minimum absolute atomic E-state index is 0.0761. The van der Waals surface area contributed by atoms with E-state index in [2.05, 4.69) is 17.6 Å². The third kappa shape index (κ3) is 4.00. The van der Waals surface area contributed by atoms with Crippen LogP contribution in [0, 0.1) is 0 Å². The number of hydrogen-bond acceptors (Lipinski definition) is 4. The molecule has 3 N–H and O–H groups in total. The molecule has 0 saturated carbocycles. The molecular weight excluding hydrogens is 216 g/mol. The molecule has 0 aliphatic carbocycles. The van der Waals surface area contributed by atoms with Gasteiger partial charge in [0.05, 0.1) is 13.7 Å². The van der Waals surface area contributed by atoms with Crippen LogP contribution in [0.3, 0.4) is 0 Å². The molecule has 0 aliphatic heterocycles. The first-order valence-electron chi connectivity index (χ1n) is 5.87. The molecule has 0 aliphatic rings. The van der Waals surface area contributed by atoms with Gasteiger partial charge in [0.2, 0.25) is 0 Å². The molecule has 4 nitrogen and oxygen atoms in total. The van der Waals surface area contributed by atoms with Crippen molar-refractivity contribution in [1.82, 2.24) is 10.6 Å². The molecule has 1 aromatic carbocycles. The highest BCUT2D eigenvalue weighted by Gasteiger charge is 2.12. The highest BCUT2D eigenvalue weighted by atomic mass is 16.5. The zero-order valence-electron chi connectivity index (χ0n) is 10.7. The Bertz CT molecular complexity index is 327. The van der Waals surface area contributed by atoms with Gasteiger partial charge in [-0.05, 0) is 20.0 Å². The van der Waals surface area contributed by atoms with Crippen LogP contribution in [-0.2, 0) is 0 Å². The lowest BCUT2D eigenvalue weighted by molar-refractivity contribution is 0.242. The number of aliphatic hydroxyl groups excluding tert-OH is 1. The third-order valence-electron chi connectivity index (χ3n) is 2.90. The molecule has 1 rings (SSSR count). The Labute approximate surface area is 103 Å². The van der Waals surface area contributed by atoms with Gasteiger partial charge in [-0.1, -0.05) is 18.2 Å². The van der Waals surface area contributed by atoms with Gasteiger partial charge in [-0.25, -0.2) is 0 Å². The van der Waals surface area contributed by atoms with Crippen LogP contribution in [0.1, 0.15) is 18.5 Å². The summed E-state index contributed by atoms with van der Waals surface area (Å²) in [5, 5.41) is 15.5. The normalized spacial score (nSPS) is 14.4. The van der Waals surface area contributed by atoms with Crippen LogP contribution in [-0.4, -0.2) is 38.5 Å². The molecule has 0 amide bonds. The number of benzene rings is 1. The van der Waals surface area contributed by atoms with Gasteiger partial charge >= 0.3 is 0 Å². The molecule has 0 saturated heterocycles. The maximum absolute atomic E-state index is 9.08. The fourth-order valence-corrected chi connectivity index (χ4v) is 1.71. The number of aliphatic hydroxyl groups is 1. The van der Waals surface area contributed by atoms with Gasteiger partial charge in [0.1, 0.15) is 5.75 Å². The summed E-state index contributed by atoms with van der Waals surface area (Å²) in [5.74, 6) is 0.887. The second kappa shape index (κ2) is 7.27. The monoisotopic (exact) mass is 238 g/mol. The van der Waals surface area contributed by atoms with E-state index in [0.717, 1.165) is 11.3 Å². The lowest BCUT2D eigenvalue weighted by atomic mass is 10.1. The molecule has 0 heterocycles. The van der Waals surface area contributed by atoms with Gasteiger partial charge in [0.15, 0.2) is 0 Å². The SMILES string of the molecule is CNC(CO)CN[C@@H](C)c1ccccc1OC. The van der Waals surface area contributed by atoms with Crippen molar-refractivity contribution in [3.8, 4) is 5.75 Å². The second-order valence-electron chi connectivity index (χ2n) is 4.04. The van der Waals surface area contributed by atoms with E-state index >= 15 is 0 Å². The zero-order chi connectivity index (χ0) is 12.7. The maximum atomic E-state index is 9.08. The largest absolute Gasteiger partial charge is 0.496 e. The summed E-state index contributed by atoms with van der Waals surface area (Å²) < 4.78 is 5.32. The van der Waals surface area contributed by atoms with Crippen LogP contribution in [0.5, 0.6) is 5.75 Å². The first kappa shape index (κ1) is 14.0. The first-order chi connectivity index (χ1) is 8.22. The molecule has 17 heavy (non-hydrogen) atoms. The summed E-state index contributed by atoms with van der Waals surface area (Å²) in [6, 6.07) is 8.22. The van der Waals surface area contributed by atoms with Crippen LogP contribution in [0.15, 0.2) is 24.3 Å². The molecule has 1 unspecified atom stereocenters. The molecule has 0 bridgehead atoms. The number of likely N-dealkylation sites (N-methyl/N-ethyl adjacent to an activating group) is 1. The average molecular weight is 238 g/mol. The second-order valence-corrected chi connectivity index (χ2v) is 4.04. The van der Waals surface area contributed by atoms with E-state index in [1.807, 2.05) is 31.3 Å². The van der Waals surface area contributed by atoms with Crippen molar-refractivity contribution in [3.63, 3.8) is 0 Å². The Balaban J connectivity index is 2.60. The van der Waals surface area contributed by atoms with E-state index in [0.29, 0.717) is 6.54 Å². The van der Waals surface area contributed by atoms with E-state index in [4.69, 9.17) is 9.84 Å². The Hall–Kier alpha value is -1.10. The number of hydrogen-bond donors (Lipinski definition) is 3. The van der Waals surface area contributed by atoms with Crippen molar-refractivity contribution in [2.45, 2.75) is 19.0 Å². The zero-order valence-corrected chi connectivity index (χ0v) is 10.7. The van der Waals surface area contributed by atoms with Crippen LogP contribution in [0.2, 0.25) is 0 Å². The highest BCUT2D eigenvalue weighted by Crippen LogP contribution is 2.23. The van der Waals surface area contributed by atoms with Gasteiger partial charge in [-0.3, -0.25) is 0 Å². The number of para-hydroxylation sites is 1. The minimum Gasteiger partial charge on any atom is -0.496 e. The van der Waals surface area contributed by atoms with Crippen molar-refractivity contribution < 1.29 is 9.84 Å². The van der Waals surface area contributed by atoms with E-state index < -0.39 is 0 Å². The molecule has 1 aromatic rings. The molecule has 0 fully saturated rings. The summed E-state index contributed by atoms with van der Waals surface area (Å²) >= 11 is 0. The van der Waals surface area contributed by atoms with Crippen molar-refractivity contribution >= 4 is 0 Å². The summed E-state index contributed by atoms with van der Waals surface area (Å²) in [7, 11) is 3.52. The summed E-state index contributed by atoms with van der Waals surface area (Å²) in [6.45, 7) is 2.93. The summed E-state index contributed by atoms with van der Waals surface area (Å²) in [6.07, 6.45) is 0. The fourth-order valence-electron chi connectivity index (χ4n) is 1.71. The lowest BCUT2D eigenvalue weighted by Crippen LogP contribution is -2.40. The number of ether oxygens (including phenoxy) is 1. The van der Waals surface area contributed by atoms with Gasteiger partial charge in [-0.15, -0.1) is 0 Å². The molecule has 0 spiro atoms. The Morgan fingerprint density at radius 1 is 1.35 bits per heavy atom. The van der Waals surface area contributed by atoms with E-state index in [1.54, 1.807) is 7.11 Å². The Morgan fingerprint density at radius 3 is 2.65 bits per heavy atom. The van der Waals surface area contributed by atoms with Crippen molar-refractivity contribution in [3.05, 3.63) is 29.8 Å². The molecular formula is C13H22N2O2. The quantitative estimate of drug-likeness (QED) is 0.661. The smallest absolute Gasteiger partial charge is 0.123 e. The molecule has 2 atom stereocenters. The van der Waals surface area contributed by atoms with Crippen molar-refractivity contribution in [2.24, 2.45) is 0 Å². The molecule has 4 heteroatoms. The average Bonchev–Trinajstić information content (AvgIpc) is 2.39. The van der Waals surface area contributed by atoms with Crippen LogP contribution in [0.25, 0.3) is 0 Å². The number of nitrogens with one attached hydrogen (secondary N) is 2. The van der Waals surface area contributed by atoms with Crippen LogP contribution in [0.4, 0.5) is 0 Å². The van der Waals surface area contributed by atoms with Gasteiger partial charge in [0, 0.05) is 24.2 Å². The van der Waals surface area contributed by atoms with Crippen molar-refractivity contribution in [1.29, 1.82) is 0 Å². The topological polar surface area (TPSA) is 53.5 Å². The number of rotatable bonds is 7. The first-order valence-corrected chi connectivity index (χ1v) is 5.87. The van der Waals surface area contributed by atoms with E-state index in [-0.39, 0.29) is 18.7 Å². The summed E-state index contributed by atoms with van der Waals surface area (Å²) in [4.78, 5) is 0. The molecule has 0 aromatic heterocycles. The standard InChI is InChI=1S/C13H22N2O2/c1-10(15-8-11(9-16)14-2)12-6-4-5-7-13(12)17-3/h4-7,10-11,14-16H,8-9H2,1-3H3/t10-,11?/m0/s1. The fraction of sp³-hybridized carbons (Fsp3) is 0.538. The highest BCUT2D eigenvalue weighted by molar-refractivity contribution is 5.35. The number of methoxy groups -OCH3 is 1. The van der Waals surface area contributed by atoms with Crippen LogP contribution < -0.4 is 15.4 Å². The minimum atomic E-state index is 0.0761. The Kier molecular flexibility index (Phi) is 5.97. The van der Waals surface area contributed by atoms with Gasteiger partial charge in [-0.2, -0.15) is 0 Å². The lowest BCUT2D eigenvalue weighted by Gasteiger charge is -2.20. The Morgan fingerprint density at radius 2 is 2.06 bits per heavy atom. The predicted molar refractivity (Wildman–Crippen MR) is 69.3 cm³/mol. The molecule has 96 valence electrons. The van der Waals surface area contributed by atoms with Gasteiger partial charge in [0.25, 0.3) is 0 Å². The van der Waals surface area contributed by atoms with Crippen molar-refractivity contribution in [2.75, 3.05) is 27.3 Å².